The van der Waals surface area contributed by atoms with E-state index in [4.69, 9.17) is 11.6 Å². The van der Waals surface area contributed by atoms with Crippen molar-refractivity contribution in [3.05, 3.63) is 23.2 Å². The van der Waals surface area contributed by atoms with Crippen LogP contribution in [-0.4, -0.2) is 32.1 Å². The van der Waals surface area contributed by atoms with Crippen molar-refractivity contribution in [1.29, 1.82) is 0 Å². The van der Waals surface area contributed by atoms with Crippen molar-refractivity contribution in [1.82, 2.24) is 15.3 Å². The summed E-state index contributed by atoms with van der Waals surface area (Å²) in [4.78, 5) is 19.5. The molecule has 1 amide bonds. The van der Waals surface area contributed by atoms with Crippen molar-refractivity contribution >= 4 is 17.5 Å². The first kappa shape index (κ1) is 13.9. The van der Waals surface area contributed by atoms with Crippen LogP contribution in [0.25, 0.3) is 0 Å². The highest BCUT2D eigenvalue weighted by Gasteiger charge is 2.36. The SMILES string of the molecule is CC(C)(O)C(C)(C)NC(=O)c1cnc(Cl)cn1. The van der Waals surface area contributed by atoms with Crippen LogP contribution in [0, 0.1) is 0 Å². The molecule has 1 aromatic rings. The van der Waals surface area contributed by atoms with E-state index >= 15 is 0 Å². The molecule has 94 valence electrons. The maximum absolute atomic E-state index is 11.9. The summed E-state index contributed by atoms with van der Waals surface area (Å²) < 4.78 is 0. The van der Waals surface area contributed by atoms with Crippen LogP contribution >= 0.6 is 11.6 Å². The van der Waals surface area contributed by atoms with Crippen molar-refractivity contribution in [3.8, 4) is 0 Å². The highest BCUT2D eigenvalue weighted by molar-refractivity contribution is 6.29. The third kappa shape index (κ3) is 3.38. The smallest absolute Gasteiger partial charge is 0.271 e. The molecule has 2 N–H and O–H groups in total. The Morgan fingerprint density at radius 1 is 1.29 bits per heavy atom. The number of nitrogens with one attached hydrogen (secondary N) is 1. The summed E-state index contributed by atoms with van der Waals surface area (Å²) in [5.74, 6) is -0.402. The Hall–Kier alpha value is -1.20. The number of carbonyl (C=O) groups is 1. The quantitative estimate of drug-likeness (QED) is 0.859. The number of rotatable bonds is 3. The van der Waals surface area contributed by atoms with Crippen LogP contribution in [0.1, 0.15) is 38.2 Å². The fourth-order valence-electron chi connectivity index (χ4n) is 0.930. The molecule has 6 heteroatoms. The van der Waals surface area contributed by atoms with Crippen LogP contribution in [0.5, 0.6) is 0 Å². The van der Waals surface area contributed by atoms with Gasteiger partial charge in [0.1, 0.15) is 10.8 Å². The summed E-state index contributed by atoms with van der Waals surface area (Å²) in [6.45, 7) is 6.71. The monoisotopic (exact) mass is 257 g/mol. The van der Waals surface area contributed by atoms with Crippen molar-refractivity contribution in [3.63, 3.8) is 0 Å². The fourth-order valence-corrected chi connectivity index (χ4v) is 1.03. The van der Waals surface area contributed by atoms with Crippen LogP contribution in [0.4, 0.5) is 0 Å². The summed E-state index contributed by atoms with van der Waals surface area (Å²) in [6, 6.07) is 0. The average Bonchev–Trinajstić information content (AvgIpc) is 2.16. The van der Waals surface area contributed by atoms with E-state index in [1.807, 2.05) is 0 Å². The van der Waals surface area contributed by atoms with E-state index in [0.29, 0.717) is 0 Å². The molecular formula is C11H16ClN3O2. The Morgan fingerprint density at radius 3 is 2.29 bits per heavy atom. The lowest BCUT2D eigenvalue weighted by Gasteiger charge is -2.37. The molecule has 0 fully saturated rings. The normalized spacial score (nSPS) is 12.4. The molecule has 1 aromatic heterocycles. The van der Waals surface area contributed by atoms with E-state index in [0.717, 1.165) is 0 Å². The second-order valence-electron chi connectivity index (χ2n) is 4.86. The van der Waals surface area contributed by atoms with Crippen LogP contribution < -0.4 is 5.32 Å². The molecule has 0 saturated carbocycles. The number of carbonyl (C=O) groups excluding carboxylic acids is 1. The zero-order chi connectivity index (χ0) is 13.3. The summed E-state index contributed by atoms with van der Waals surface area (Å²) >= 11 is 5.58. The summed E-state index contributed by atoms with van der Waals surface area (Å²) in [6.07, 6.45) is 2.59. The van der Waals surface area contributed by atoms with E-state index in [1.165, 1.54) is 12.4 Å². The molecule has 17 heavy (non-hydrogen) atoms. The van der Waals surface area contributed by atoms with E-state index in [1.54, 1.807) is 27.7 Å². The molecule has 1 rings (SSSR count). The number of aliphatic hydroxyl groups is 1. The topological polar surface area (TPSA) is 75.1 Å². The molecule has 5 nitrogen and oxygen atoms in total. The van der Waals surface area contributed by atoms with E-state index in [9.17, 15) is 9.90 Å². The second kappa shape index (κ2) is 4.58. The second-order valence-corrected chi connectivity index (χ2v) is 5.25. The van der Waals surface area contributed by atoms with Gasteiger partial charge in [-0.15, -0.1) is 0 Å². The van der Waals surface area contributed by atoms with Gasteiger partial charge in [-0.3, -0.25) is 4.79 Å². The van der Waals surface area contributed by atoms with Gasteiger partial charge in [0.25, 0.3) is 5.91 Å². The van der Waals surface area contributed by atoms with Gasteiger partial charge in [-0.25, -0.2) is 9.97 Å². The molecule has 1 heterocycles. The molecule has 0 unspecified atom stereocenters. The third-order valence-electron chi connectivity index (χ3n) is 2.81. The first-order valence-corrected chi connectivity index (χ1v) is 5.54. The van der Waals surface area contributed by atoms with Crippen LogP contribution in [0.3, 0.4) is 0 Å². The molecule has 0 saturated heterocycles. The number of hydrogen-bond donors (Lipinski definition) is 2. The number of aromatic nitrogens is 2. The Balaban J connectivity index is 2.83. The van der Waals surface area contributed by atoms with E-state index < -0.39 is 17.0 Å². The fraction of sp³-hybridized carbons (Fsp3) is 0.545. The van der Waals surface area contributed by atoms with Gasteiger partial charge in [-0.2, -0.15) is 0 Å². The molecule has 0 spiro atoms. The van der Waals surface area contributed by atoms with Crippen LogP contribution in [0.15, 0.2) is 12.4 Å². The van der Waals surface area contributed by atoms with E-state index in [-0.39, 0.29) is 10.8 Å². The van der Waals surface area contributed by atoms with Gasteiger partial charge in [0.2, 0.25) is 0 Å². The number of hydrogen-bond acceptors (Lipinski definition) is 4. The van der Waals surface area contributed by atoms with Crippen molar-refractivity contribution < 1.29 is 9.90 Å². The highest BCUT2D eigenvalue weighted by Crippen LogP contribution is 2.20. The molecule has 0 radical (unpaired) electrons. The lowest BCUT2D eigenvalue weighted by Crippen LogP contribution is -2.57. The van der Waals surface area contributed by atoms with Crippen LogP contribution in [-0.2, 0) is 0 Å². The highest BCUT2D eigenvalue weighted by atomic mass is 35.5. The molecule has 0 aliphatic rings. The maximum atomic E-state index is 11.9. The lowest BCUT2D eigenvalue weighted by atomic mass is 9.86. The summed E-state index contributed by atoms with van der Waals surface area (Å²) in [5, 5.41) is 12.8. The molecule has 0 atom stereocenters. The van der Waals surface area contributed by atoms with Gasteiger partial charge in [0.15, 0.2) is 0 Å². The summed E-state index contributed by atoms with van der Waals surface area (Å²) in [7, 11) is 0. The number of halogens is 1. The van der Waals surface area contributed by atoms with Crippen LogP contribution in [0.2, 0.25) is 5.15 Å². The van der Waals surface area contributed by atoms with Gasteiger partial charge in [-0.05, 0) is 27.7 Å². The van der Waals surface area contributed by atoms with Gasteiger partial charge in [0, 0.05) is 0 Å². The van der Waals surface area contributed by atoms with E-state index in [2.05, 4.69) is 15.3 Å². The molecular weight excluding hydrogens is 242 g/mol. The Labute approximate surface area is 105 Å². The van der Waals surface area contributed by atoms with Crippen molar-refractivity contribution in [2.24, 2.45) is 0 Å². The third-order valence-corrected chi connectivity index (χ3v) is 3.00. The first-order valence-electron chi connectivity index (χ1n) is 5.16. The lowest BCUT2D eigenvalue weighted by molar-refractivity contribution is -0.00303. The Kier molecular flexibility index (Phi) is 3.74. The largest absolute Gasteiger partial charge is 0.388 e. The van der Waals surface area contributed by atoms with Gasteiger partial charge in [0.05, 0.1) is 23.5 Å². The minimum absolute atomic E-state index is 0.159. The maximum Gasteiger partial charge on any atom is 0.271 e. The average molecular weight is 258 g/mol. The zero-order valence-corrected chi connectivity index (χ0v) is 11.0. The molecule has 0 aromatic carbocycles. The Morgan fingerprint density at radius 2 is 1.88 bits per heavy atom. The van der Waals surface area contributed by atoms with Gasteiger partial charge < -0.3 is 10.4 Å². The molecule has 0 bridgehead atoms. The minimum Gasteiger partial charge on any atom is -0.388 e. The van der Waals surface area contributed by atoms with Crippen molar-refractivity contribution in [2.75, 3.05) is 0 Å². The summed E-state index contributed by atoms with van der Waals surface area (Å²) in [5.41, 5.74) is -1.68. The predicted octanol–water partition coefficient (Wildman–Crippen LogP) is 1.41. The van der Waals surface area contributed by atoms with Gasteiger partial charge in [-0.1, -0.05) is 11.6 Å². The molecule has 0 aliphatic carbocycles. The Bertz CT molecular complexity index is 410. The van der Waals surface area contributed by atoms with Gasteiger partial charge >= 0.3 is 0 Å². The predicted molar refractivity (Wildman–Crippen MR) is 64.9 cm³/mol. The first-order chi connectivity index (χ1) is 7.63. The number of nitrogens with zero attached hydrogens (tertiary/aromatic N) is 2. The number of amides is 1. The zero-order valence-electron chi connectivity index (χ0n) is 10.3. The molecule has 0 aliphatic heterocycles. The minimum atomic E-state index is -1.05. The van der Waals surface area contributed by atoms with Crippen molar-refractivity contribution in [2.45, 2.75) is 38.8 Å². The standard InChI is InChI=1S/C11H16ClN3O2/c1-10(2,11(3,4)17)15-9(16)7-5-14-8(12)6-13-7/h5-6,17H,1-4H3,(H,15,16).